The third-order valence-corrected chi connectivity index (χ3v) is 8.55. The van der Waals surface area contributed by atoms with Crippen LogP contribution in [0.15, 0.2) is 72.8 Å². The first-order valence-corrected chi connectivity index (χ1v) is 16.3. The van der Waals surface area contributed by atoms with Crippen molar-refractivity contribution in [3.8, 4) is 22.8 Å². The van der Waals surface area contributed by atoms with Crippen molar-refractivity contribution in [3.05, 3.63) is 89.6 Å². The van der Waals surface area contributed by atoms with E-state index in [0.29, 0.717) is 34.9 Å². The largest absolute Gasteiger partial charge is 0.492 e. The highest BCUT2D eigenvalue weighted by atomic mass is 16.5. The monoisotopic (exact) mass is 611 g/mol. The van der Waals surface area contributed by atoms with E-state index in [-0.39, 0.29) is 6.04 Å². The van der Waals surface area contributed by atoms with E-state index < -0.39 is 5.91 Å². The number of nitrogens with zero attached hydrogens (tertiary/aromatic N) is 3. The Labute approximate surface area is 269 Å². The molecule has 0 aliphatic rings. The first kappa shape index (κ1) is 33.9. The maximum absolute atomic E-state index is 12.7. The highest BCUT2D eigenvalue weighted by Gasteiger charge is 2.33. The van der Waals surface area contributed by atoms with Gasteiger partial charge in [0.05, 0.1) is 26.3 Å². The SMILES string of the molecule is CCCCc1cc2ccccc2c(OCC[N+](C)(C)[C@@H](CC)c2ccc(C(N)=O)c(OCCCN(C)C)c2-c2ccccc2)n1. The lowest BCUT2D eigenvalue weighted by Gasteiger charge is -2.39. The molecule has 45 heavy (non-hydrogen) atoms. The summed E-state index contributed by atoms with van der Waals surface area (Å²) in [6.45, 7) is 7.08. The van der Waals surface area contributed by atoms with Gasteiger partial charge in [-0.25, -0.2) is 4.98 Å². The van der Waals surface area contributed by atoms with Crippen LogP contribution >= 0.6 is 0 Å². The topological polar surface area (TPSA) is 77.7 Å². The van der Waals surface area contributed by atoms with Crippen LogP contribution in [0.25, 0.3) is 21.9 Å². The summed E-state index contributed by atoms with van der Waals surface area (Å²) in [6.07, 6.45) is 4.90. The minimum absolute atomic E-state index is 0.107. The van der Waals surface area contributed by atoms with Crippen LogP contribution in [0.4, 0.5) is 0 Å². The maximum atomic E-state index is 12.7. The van der Waals surface area contributed by atoms with Crippen LogP contribution in [0.1, 0.15) is 67.2 Å². The Morgan fingerprint density at radius 1 is 0.933 bits per heavy atom. The van der Waals surface area contributed by atoms with E-state index in [4.69, 9.17) is 20.2 Å². The van der Waals surface area contributed by atoms with Crippen molar-refractivity contribution in [3.63, 3.8) is 0 Å². The number of likely N-dealkylation sites (N-methyl/N-ethyl adjacent to an activating group) is 1. The van der Waals surface area contributed by atoms with E-state index in [0.717, 1.165) is 78.4 Å². The highest BCUT2D eigenvalue weighted by Crippen LogP contribution is 2.43. The van der Waals surface area contributed by atoms with Gasteiger partial charge in [-0.15, -0.1) is 0 Å². The lowest BCUT2D eigenvalue weighted by atomic mass is 9.89. The number of primary amides is 1. The smallest absolute Gasteiger partial charge is 0.252 e. The molecule has 1 heterocycles. The van der Waals surface area contributed by atoms with E-state index >= 15 is 0 Å². The minimum Gasteiger partial charge on any atom is -0.492 e. The van der Waals surface area contributed by atoms with Gasteiger partial charge < -0.3 is 24.6 Å². The molecule has 2 N–H and O–H groups in total. The number of hydrogen-bond acceptors (Lipinski definition) is 5. The number of carbonyl (C=O) groups is 1. The molecule has 7 heteroatoms. The van der Waals surface area contributed by atoms with Gasteiger partial charge in [0, 0.05) is 35.2 Å². The number of pyridine rings is 1. The van der Waals surface area contributed by atoms with Crippen molar-refractivity contribution >= 4 is 16.7 Å². The lowest BCUT2D eigenvalue weighted by Crippen LogP contribution is -2.46. The number of fused-ring (bicyclic) bond motifs is 1. The molecule has 1 aromatic heterocycles. The Morgan fingerprint density at radius 3 is 2.36 bits per heavy atom. The quantitative estimate of drug-likeness (QED) is 0.100. The van der Waals surface area contributed by atoms with Crippen LogP contribution < -0.4 is 15.2 Å². The zero-order chi connectivity index (χ0) is 32.4. The molecular weight excluding hydrogens is 560 g/mol. The Hall–Kier alpha value is -3.94. The van der Waals surface area contributed by atoms with Gasteiger partial charge >= 0.3 is 0 Å². The molecule has 0 aliphatic carbocycles. The normalized spacial score (nSPS) is 12.4. The Bertz CT molecular complexity index is 1550. The third-order valence-electron chi connectivity index (χ3n) is 8.55. The van der Waals surface area contributed by atoms with Gasteiger partial charge in [0.2, 0.25) is 5.88 Å². The number of carbonyl (C=O) groups excluding carboxylic acids is 1. The Kier molecular flexibility index (Phi) is 12.0. The van der Waals surface area contributed by atoms with Gasteiger partial charge in [-0.2, -0.15) is 0 Å². The fraction of sp³-hybridized carbons (Fsp3) is 0.421. The maximum Gasteiger partial charge on any atom is 0.252 e. The second-order valence-corrected chi connectivity index (χ2v) is 12.7. The van der Waals surface area contributed by atoms with Crippen LogP contribution in [0, 0.1) is 0 Å². The van der Waals surface area contributed by atoms with Gasteiger partial charge in [-0.05, 0) is 62.5 Å². The fourth-order valence-corrected chi connectivity index (χ4v) is 6.12. The first-order chi connectivity index (χ1) is 21.7. The number of aromatic nitrogens is 1. The van der Waals surface area contributed by atoms with Gasteiger partial charge in [0.15, 0.2) is 0 Å². The van der Waals surface area contributed by atoms with Gasteiger partial charge in [-0.1, -0.05) is 74.9 Å². The molecule has 1 amide bonds. The number of amides is 1. The number of nitrogens with two attached hydrogens (primary N) is 1. The zero-order valence-electron chi connectivity index (χ0n) is 28.0. The predicted octanol–water partition coefficient (Wildman–Crippen LogP) is 7.28. The molecule has 0 saturated carbocycles. The molecule has 0 fully saturated rings. The van der Waals surface area contributed by atoms with Crippen molar-refractivity contribution in [1.29, 1.82) is 0 Å². The van der Waals surface area contributed by atoms with Crippen molar-refractivity contribution in [2.45, 2.75) is 52.0 Å². The van der Waals surface area contributed by atoms with Gasteiger partial charge in [0.25, 0.3) is 5.91 Å². The summed E-state index contributed by atoms with van der Waals surface area (Å²) in [5.74, 6) is 0.785. The van der Waals surface area contributed by atoms with Crippen molar-refractivity contribution in [2.24, 2.45) is 5.73 Å². The van der Waals surface area contributed by atoms with Crippen molar-refractivity contribution < 1.29 is 18.8 Å². The Balaban J connectivity index is 1.66. The Morgan fingerprint density at radius 2 is 1.67 bits per heavy atom. The summed E-state index contributed by atoms with van der Waals surface area (Å²) in [5.41, 5.74) is 10.5. The standard InChI is InChI=1S/C38H50N4O3/c1-7-9-19-30-27-29-18-13-14-20-31(29)38(40-30)45-26-24-42(5,6)34(8-2)32-21-22-33(37(39)43)36(44-25-15-23-41(3)4)35(32)28-16-11-10-12-17-28/h10-14,16-18,20-22,27,34H,7-9,15,19,23-26H2,1-6H3,(H-,39,43)/p+1/t34-/m0/s1. The molecule has 0 bridgehead atoms. The second kappa shape index (κ2) is 15.9. The number of unbranched alkanes of at least 4 members (excludes halogenated alkanes) is 1. The second-order valence-electron chi connectivity index (χ2n) is 12.7. The third kappa shape index (κ3) is 8.62. The summed E-state index contributed by atoms with van der Waals surface area (Å²) < 4.78 is 13.6. The molecule has 0 saturated heterocycles. The van der Waals surface area contributed by atoms with Crippen LogP contribution in [0.3, 0.4) is 0 Å². The highest BCUT2D eigenvalue weighted by molar-refractivity contribution is 5.99. The molecule has 7 nitrogen and oxygen atoms in total. The average molecular weight is 612 g/mol. The van der Waals surface area contributed by atoms with Gasteiger partial charge in [0.1, 0.15) is 24.9 Å². The fourth-order valence-electron chi connectivity index (χ4n) is 6.12. The molecule has 0 aliphatic heterocycles. The van der Waals surface area contributed by atoms with Crippen LogP contribution in [0.5, 0.6) is 11.6 Å². The van der Waals surface area contributed by atoms with E-state index in [9.17, 15) is 4.79 Å². The van der Waals surface area contributed by atoms with Crippen LogP contribution in [0.2, 0.25) is 0 Å². The molecule has 0 radical (unpaired) electrons. The van der Waals surface area contributed by atoms with Crippen LogP contribution in [-0.2, 0) is 6.42 Å². The molecule has 3 aromatic carbocycles. The van der Waals surface area contributed by atoms with E-state index in [1.165, 1.54) is 0 Å². The molecule has 1 atom stereocenters. The van der Waals surface area contributed by atoms with Crippen LogP contribution in [-0.4, -0.2) is 74.8 Å². The van der Waals surface area contributed by atoms with Crippen molar-refractivity contribution in [2.75, 3.05) is 54.5 Å². The van der Waals surface area contributed by atoms with E-state index in [2.05, 4.69) is 75.3 Å². The molecule has 0 spiro atoms. The van der Waals surface area contributed by atoms with Gasteiger partial charge in [-0.3, -0.25) is 4.79 Å². The number of quaternary nitrogens is 1. The summed E-state index contributed by atoms with van der Waals surface area (Å²) in [6, 6.07) is 24.7. The number of ether oxygens (including phenoxy) is 2. The number of rotatable bonds is 17. The number of benzene rings is 3. The number of aryl methyl sites for hydroxylation is 1. The summed E-state index contributed by atoms with van der Waals surface area (Å²) in [7, 11) is 8.58. The molecule has 4 aromatic rings. The minimum atomic E-state index is -0.488. The summed E-state index contributed by atoms with van der Waals surface area (Å²) in [4.78, 5) is 19.7. The summed E-state index contributed by atoms with van der Waals surface area (Å²) >= 11 is 0. The van der Waals surface area contributed by atoms with Crippen molar-refractivity contribution in [1.82, 2.24) is 9.88 Å². The first-order valence-electron chi connectivity index (χ1n) is 16.3. The zero-order valence-corrected chi connectivity index (χ0v) is 28.0. The molecule has 4 rings (SSSR count). The van der Waals surface area contributed by atoms with E-state index in [1.807, 2.05) is 44.4 Å². The average Bonchev–Trinajstić information content (AvgIpc) is 3.02. The molecular formula is C38H51N4O3+. The van der Waals surface area contributed by atoms with E-state index in [1.54, 1.807) is 0 Å². The lowest BCUT2D eigenvalue weighted by molar-refractivity contribution is -0.921. The summed E-state index contributed by atoms with van der Waals surface area (Å²) in [5, 5.41) is 2.20. The molecule has 240 valence electrons. The molecule has 0 unspecified atom stereocenters. The number of hydrogen-bond donors (Lipinski definition) is 1. The predicted molar refractivity (Wildman–Crippen MR) is 185 cm³/mol.